The molecule has 0 aromatic heterocycles. The van der Waals surface area contributed by atoms with Crippen LogP contribution in [-0.4, -0.2) is 140 Å². The quantitative estimate of drug-likeness (QED) is 0.0309. The SMILES string of the molecule is CCC/C=C/CC/C=C/CC/C=C/C(O)C(COC1OC(CO)C(OC2OC(CO)C(O)C(O)C2O)C(O)C1O)NC(=O)CCCCCCC/C=C\CCCCCCCCC. The van der Waals surface area contributed by atoms with Gasteiger partial charge in [0.2, 0.25) is 5.91 Å². The number of aliphatic hydroxyl groups excluding tert-OH is 8. The van der Waals surface area contributed by atoms with Crippen molar-refractivity contribution in [1.29, 1.82) is 0 Å². The highest BCUT2D eigenvalue weighted by molar-refractivity contribution is 5.76. The maximum Gasteiger partial charge on any atom is 0.220 e. The van der Waals surface area contributed by atoms with E-state index in [2.05, 4.69) is 55.6 Å². The number of carbonyl (C=O) groups excluding carboxylic acids is 1. The van der Waals surface area contributed by atoms with Crippen molar-refractivity contribution >= 4 is 5.91 Å². The minimum Gasteiger partial charge on any atom is -0.394 e. The second kappa shape index (κ2) is 34.4. The van der Waals surface area contributed by atoms with Crippen molar-refractivity contribution in [3.63, 3.8) is 0 Å². The van der Waals surface area contributed by atoms with Crippen LogP contribution in [0.2, 0.25) is 0 Å². The van der Waals surface area contributed by atoms with Crippen molar-refractivity contribution in [2.24, 2.45) is 0 Å². The van der Waals surface area contributed by atoms with Gasteiger partial charge in [-0.15, -0.1) is 0 Å². The number of hydrogen-bond acceptors (Lipinski definition) is 13. The highest BCUT2D eigenvalue weighted by Crippen LogP contribution is 2.30. The van der Waals surface area contributed by atoms with E-state index in [4.69, 9.17) is 18.9 Å². The number of allylic oxidation sites excluding steroid dienone is 7. The molecule has 0 saturated carbocycles. The van der Waals surface area contributed by atoms with Gasteiger partial charge in [-0.3, -0.25) is 4.79 Å². The van der Waals surface area contributed by atoms with E-state index >= 15 is 0 Å². The topological polar surface area (TPSA) is 228 Å². The molecule has 2 fully saturated rings. The molecule has 2 rings (SSSR count). The monoisotopic (exact) mass is 870 g/mol. The van der Waals surface area contributed by atoms with Gasteiger partial charge in [-0.25, -0.2) is 0 Å². The van der Waals surface area contributed by atoms with Crippen molar-refractivity contribution < 1.29 is 64.6 Å². The van der Waals surface area contributed by atoms with E-state index in [1.54, 1.807) is 6.08 Å². The zero-order valence-electron chi connectivity index (χ0n) is 37.1. The fourth-order valence-corrected chi connectivity index (χ4v) is 7.32. The summed E-state index contributed by atoms with van der Waals surface area (Å²) in [5, 5.41) is 86.4. The third-order valence-electron chi connectivity index (χ3n) is 11.2. The average Bonchev–Trinajstić information content (AvgIpc) is 3.26. The van der Waals surface area contributed by atoms with Crippen LogP contribution in [0.5, 0.6) is 0 Å². The van der Waals surface area contributed by atoms with Crippen molar-refractivity contribution in [1.82, 2.24) is 5.32 Å². The van der Waals surface area contributed by atoms with Gasteiger partial charge < -0.3 is 65.1 Å². The van der Waals surface area contributed by atoms with Gasteiger partial charge in [0.25, 0.3) is 0 Å². The van der Waals surface area contributed by atoms with Crippen LogP contribution in [0, 0.1) is 0 Å². The lowest BCUT2D eigenvalue weighted by Gasteiger charge is -2.46. The van der Waals surface area contributed by atoms with Crippen LogP contribution >= 0.6 is 0 Å². The zero-order chi connectivity index (χ0) is 44.7. The molecule has 14 heteroatoms. The number of carbonyl (C=O) groups is 1. The Bertz CT molecular complexity index is 1210. The van der Waals surface area contributed by atoms with Crippen molar-refractivity contribution in [3.8, 4) is 0 Å². The van der Waals surface area contributed by atoms with Crippen LogP contribution in [0.1, 0.15) is 149 Å². The third kappa shape index (κ3) is 22.4. The van der Waals surface area contributed by atoms with Crippen LogP contribution in [0.25, 0.3) is 0 Å². The molecule has 0 radical (unpaired) electrons. The van der Waals surface area contributed by atoms with E-state index in [-0.39, 0.29) is 18.9 Å². The summed E-state index contributed by atoms with van der Waals surface area (Å²) < 4.78 is 22.6. The maximum absolute atomic E-state index is 13.1. The molecule has 61 heavy (non-hydrogen) atoms. The molecular formula is C47H83NO13. The van der Waals surface area contributed by atoms with Crippen molar-refractivity contribution in [2.75, 3.05) is 19.8 Å². The smallest absolute Gasteiger partial charge is 0.220 e. The molecule has 0 bridgehead atoms. The number of ether oxygens (including phenoxy) is 4. The molecule has 0 spiro atoms. The number of aliphatic hydroxyl groups is 8. The standard InChI is InChI=1S/C47H83NO13/c1-3-5-7-9-11-13-15-16-17-18-19-21-23-25-27-29-31-39(52)48-35(36(51)30-28-26-24-22-20-14-12-10-8-6-4-2)34-58-46-44(57)42(55)45(38(33-50)60-46)61-47-43(56)41(54)40(53)37(32-49)59-47/h8,10,17-18,20,22,28,30,35-38,40-47,49-51,53-57H,3-7,9,11-16,19,21,23-27,29,31-34H2,1-2H3,(H,48,52)/b10-8+,18-17-,22-20+,30-28+. The summed E-state index contributed by atoms with van der Waals surface area (Å²) in [5.41, 5.74) is 0. The van der Waals surface area contributed by atoms with E-state index < -0.39 is 86.8 Å². The van der Waals surface area contributed by atoms with Crippen LogP contribution in [-0.2, 0) is 23.7 Å². The molecule has 0 aromatic carbocycles. The molecule has 2 aliphatic heterocycles. The van der Waals surface area contributed by atoms with Gasteiger partial charge in [-0.05, 0) is 64.2 Å². The molecule has 2 aliphatic rings. The fourth-order valence-electron chi connectivity index (χ4n) is 7.32. The van der Waals surface area contributed by atoms with Crippen LogP contribution in [0.3, 0.4) is 0 Å². The van der Waals surface area contributed by atoms with Crippen LogP contribution < -0.4 is 5.32 Å². The van der Waals surface area contributed by atoms with E-state index in [1.807, 2.05) is 6.08 Å². The highest BCUT2D eigenvalue weighted by Gasteiger charge is 2.50. The summed E-state index contributed by atoms with van der Waals surface area (Å²) in [6.45, 7) is 2.64. The number of nitrogens with one attached hydrogen (secondary N) is 1. The number of amides is 1. The lowest BCUT2D eigenvalue weighted by atomic mass is 9.97. The van der Waals surface area contributed by atoms with Gasteiger partial charge in [0, 0.05) is 6.42 Å². The second-order valence-corrected chi connectivity index (χ2v) is 16.5. The van der Waals surface area contributed by atoms with Crippen molar-refractivity contribution in [2.45, 2.75) is 222 Å². The molecule has 12 unspecified atom stereocenters. The number of rotatable bonds is 34. The first-order valence-electron chi connectivity index (χ1n) is 23.4. The minimum atomic E-state index is -1.79. The molecule has 0 aromatic rings. The number of unbranched alkanes of at least 4 members (excludes halogenated alkanes) is 15. The van der Waals surface area contributed by atoms with Gasteiger partial charge in [0.15, 0.2) is 12.6 Å². The number of hydrogen-bond donors (Lipinski definition) is 9. The molecule has 14 nitrogen and oxygen atoms in total. The first kappa shape index (κ1) is 55.1. The summed E-state index contributed by atoms with van der Waals surface area (Å²) in [6.07, 6.45) is 21.7. The van der Waals surface area contributed by atoms with E-state index in [0.29, 0.717) is 12.8 Å². The van der Waals surface area contributed by atoms with Gasteiger partial charge in [-0.1, -0.05) is 127 Å². The summed E-state index contributed by atoms with van der Waals surface area (Å²) >= 11 is 0. The lowest BCUT2D eigenvalue weighted by Crippen LogP contribution is -2.65. The molecule has 12 atom stereocenters. The largest absolute Gasteiger partial charge is 0.394 e. The lowest BCUT2D eigenvalue weighted by molar-refractivity contribution is -0.359. The van der Waals surface area contributed by atoms with Gasteiger partial charge >= 0.3 is 0 Å². The van der Waals surface area contributed by atoms with Crippen molar-refractivity contribution in [3.05, 3.63) is 48.6 Å². The zero-order valence-corrected chi connectivity index (χ0v) is 37.1. The predicted octanol–water partition coefficient (Wildman–Crippen LogP) is 4.93. The Morgan fingerprint density at radius 1 is 0.574 bits per heavy atom. The van der Waals surface area contributed by atoms with Crippen LogP contribution in [0.4, 0.5) is 0 Å². The van der Waals surface area contributed by atoms with E-state index in [1.165, 1.54) is 44.9 Å². The van der Waals surface area contributed by atoms with E-state index in [9.17, 15) is 45.6 Å². The minimum absolute atomic E-state index is 0.258. The molecule has 1 amide bonds. The first-order chi connectivity index (χ1) is 29.6. The maximum atomic E-state index is 13.1. The summed E-state index contributed by atoms with van der Waals surface area (Å²) in [4.78, 5) is 13.1. The second-order valence-electron chi connectivity index (χ2n) is 16.5. The van der Waals surface area contributed by atoms with Crippen LogP contribution in [0.15, 0.2) is 48.6 Å². The fraction of sp³-hybridized carbons (Fsp3) is 0.809. The summed E-state index contributed by atoms with van der Waals surface area (Å²) in [5.74, 6) is -0.267. The Balaban J connectivity index is 1.90. The molecular weight excluding hydrogens is 787 g/mol. The van der Waals surface area contributed by atoms with Gasteiger partial charge in [0.1, 0.15) is 48.8 Å². The predicted molar refractivity (Wildman–Crippen MR) is 235 cm³/mol. The van der Waals surface area contributed by atoms with Gasteiger partial charge in [-0.2, -0.15) is 0 Å². The third-order valence-corrected chi connectivity index (χ3v) is 11.2. The molecule has 9 N–H and O–H groups in total. The Labute approximate surface area is 365 Å². The molecule has 354 valence electrons. The molecule has 0 aliphatic carbocycles. The van der Waals surface area contributed by atoms with Gasteiger partial charge in [0.05, 0.1) is 32.0 Å². The Morgan fingerprint density at radius 3 is 1.67 bits per heavy atom. The highest BCUT2D eigenvalue weighted by atomic mass is 16.7. The first-order valence-corrected chi connectivity index (χ1v) is 23.4. The average molecular weight is 870 g/mol. The Hall–Kier alpha value is -2.05. The van der Waals surface area contributed by atoms with E-state index in [0.717, 1.165) is 70.6 Å². The summed E-state index contributed by atoms with van der Waals surface area (Å²) in [7, 11) is 0. The Morgan fingerprint density at radius 2 is 1.08 bits per heavy atom. The Kier molecular flexibility index (Phi) is 31.0. The normalized spacial score (nSPS) is 28.4. The summed E-state index contributed by atoms with van der Waals surface area (Å²) in [6, 6.07) is -0.939. The molecule has 2 saturated heterocycles. The molecule has 2 heterocycles.